The van der Waals surface area contributed by atoms with Gasteiger partial charge in [0.15, 0.2) is 5.84 Å². The quantitative estimate of drug-likeness (QED) is 0.338. The van der Waals surface area contributed by atoms with Crippen molar-refractivity contribution in [2.45, 2.75) is 20.0 Å². The molecule has 0 saturated carbocycles. The molecule has 0 atom stereocenters. The number of aryl methyl sites for hydroxylation is 1. The van der Waals surface area contributed by atoms with Crippen molar-refractivity contribution in [3.8, 4) is 0 Å². The highest BCUT2D eigenvalue weighted by atomic mass is 16.4. The zero-order valence-corrected chi connectivity index (χ0v) is 11.5. The number of amidine groups is 1. The van der Waals surface area contributed by atoms with E-state index in [1.165, 1.54) is 11.1 Å². The van der Waals surface area contributed by atoms with Gasteiger partial charge in [0, 0.05) is 18.7 Å². The minimum absolute atomic E-state index is 0.137. The molecule has 0 saturated heterocycles. The van der Waals surface area contributed by atoms with Crippen LogP contribution in [0.1, 0.15) is 22.3 Å². The fourth-order valence-corrected chi connectivity index (χ4v) is 2.12. The van der Waals surface area contributed by atoms with E-state index in [0.717, 1.165) is 17.7 Å². The van der Waals surface area contributed by atoms with Gasteiger partial charge in [0.25, 0.3) is 0 Å². The summed E-state index contributed by atoms with van der Waals surface area (Å²) in [6.45, 7) is 3.55. The predicted octanol–water partition coefficient (Wildman–Crippen LogP) is 2.38. The van der Waals surface area contributed by atoms with Crippen molar-refractivity contribution in [3.63, 3.8) is 0 Å². The van der Waals surface area contributed by atoms with Gasteiger partial charge in [-0.2, -0.15) is 0 Å². The van der Waals surface area contributed by atoms with Gasteiger partial charge in [-0.05, 0) is 23.6 Å². The summed E-state index contributed by atoms with van der Waals surface area (Å²) in [6, 6.07) is 15.9. The Kier molecular flexibility index (Phi) is 4.74. The van der Waals surface area contributed by atoms with Gasteiger partial charge in [-0.15, -0.1) is 0 Å². The first-order valence-corrected chi connectivity index (χ1v) is 6.53. The number of oxime groups is 1. The molecule has 0 bridgehead atoms. The fraction of sp³-hybridized carbons (Fsp3) is 0.188. The van der Waals surface area contributed by atoms with Crippen LogP contribution in [-0.2, 0) is 13.1 Å². The normalized spacial score (nSPS) is 11.6. The topological polar surface area (TPSA) is 70.6 Å². The van der Waals surface area contributed by atoms with Crippen LogP contribution < -0.4 is 11.1 Å². The summed E-state index contributed by atoms with van der Waals surface area (Å²) in [6.07, 6.45) is 0. The summed E-state index contributed by atoms with van der Waals surface area (Å²) in [5, 5.41) is 15.2. The van der Waals surface area contributed by atoms with Gasteiger partial charge in [0.2, 0.25) is 0 Å². The standard InChI is InChI=1S/C16H19N3O/c1-12-6-2-3-7-13(12)10-18-11-14-8-4-5-9-15(14)16(17)19-20/h2-9,18,20H,10-11H2,1H3,(H2,17,19). The Balaban J connectivity index is 2.03. The summed E-state index contributed by atoms with van der Waals surface area (Å²) < 4.78 is 0. The van der Waals surface area contributed by atoms with E-state index < -0.39 is 0 Å². The van der Waals surface area contributed by atoms with E-state index in [9.17, 15) is 0 Å². The van der Waals surface area contributed by atoms with E-state index in [0.29, 0.717) is 6.54 Å². The maximum atomic E-state index is 8.80. The van der Waals surface area contributed by atoms with Crippen molar-refractivity contribution >= 4 is 5.84 Å². The molecule has 0 unspecified atom stereocenters. The molecule has 0 amide bonds. The Morgan fingerprint density at radius 2 is 1.65 bits per heavy atom. The van der Waals surface area contributed by atoms with Crippen LogP contribution in [0.4, 0.5) is 0 Å². The number of hydrogen-bond acceptors (Lipinski definition) is 3. The lowest BCUT2D eigenvalue weighted by Gasteiger charge is -2.10. The maximum Gasteiger partial charge on any atom is 0.170 e. The monoisotopic (exact) mass is 269 g/mol. The Hall–Kier alpha value is -2.33. The Labute approximate surface area is 118 Å². The van der Waals surface area contributed by atoms with Crippen LogP contribution in [-0.4, -0.2) is 11.0 Å². The van der Waals surface area contributed by atoms with Gasteiger partial charge in [0.05, 0.1) is 0 Å². The molecule has 2 aromatic carbocycles. The van der Waals surface area contributed by atoms with Gasteiger partial charge in [-0.3, -0.25) is 0 Å². The highest BCUT2D eigenvalue weighted by Crippen LogP contribution is 2.10. The average Bonchev–Trinajstić information content (AvgIpc) is 2.49. The van der Waals surface area contributed by atoms with Crippen molar-refractivity contribution in [2.24, 2.45) is 10.9 Å². The summed E-state index contributed by atoms with van der Waals surface area (Å²) >= 11 is 0. The molecule has 0 aromatic heterocycles. The molecule has 4 nitrogen and oxygen atoms in total. The zero-order valence-electron chi connectivity index (χ0n) is 11.5. The number of nitrogens with two attached hydrogens (primary N) is 1. The average molecular weight is 269 g/mol. The molecule has 0 fully saturated rings. The molecule has 2 rings (SSSR count). The van der Waals surface area contributed by atoms with Crippen LogP contribution in [0.25, 0.3) is 0 Å². The van der Waals surface area contributed by atoms with E-state index >= 15 is 0 Å². The van der Waals surface area contributed by atoms with Crippen molar-refractivity contribution < 1.29 is 5.21 Å². The lowest BCUT2D eigenvalue weighted by molar-refractivity contribution is 0.318. The van der Waals surface area contributed by atoms with Gasteiger partial charge in [-0.25, -0.2) is 0 Å². The third-order valence-corrected chi connectivity index (χ3v) is 3.29. The Bertz CT molecular complexity index is 608. The lowest BCUT2D eigenvalue weighted by atomic mass is 10.1. The summed E-state index contributed by atoms with van der Waals surface area (Å²) in [4.78, 5) is 0. The molecule has 0 radical (unpaired) electrons. The van der Waals surface area contributed by atoms with Crippen LogP contribution in [0.3, 0.4) is 0 Å². The first-order chi connectivity index (χ1) is 9.72. The highest BCUT2D eigenvalue weighted by Gasteiger charge is 2.06. The third-order valence-electron chi connectivity index (χ3n) is 3.29. The van der Waals surface area contributed by atoms with Crippen LogP contribution >= 0.6 is 0 Å². The molecular weight excluding hydrogens is 250 g/mol. The minimum Gasteiger partial charge on any atom is -0.409 e. The van der Waals surface area contributed by atoms with Crippen LogP contribution in [0.15, 0.2) is 53.7 Å². The largest absolute Gasteiger partial charge is 0.409 e. The van der Waals surface area contributed by atoms with E-state index in [1.807, 2.05) is 36.4 Å². The van der Waals surface area contributed by atoms with Gasteiger partial charge >= 0.3 is 0 Å². The minimum atomic E-state index is 0.137. The fourth-order valence-electron chi connectivity index (χ4n) is 2.12. The number of hydrogen-bond donors (Lipinski definition) is 3. The van der Waals surface area contributed by atoms with Crippen LogP contribution in [0.2, 0.25) is 0 Å². The molecule has 0 aliphatic carbocycles. The van der Waals surface area contributed by atoms with Gasteiger partial charge in [0.1, 0.15) is 0 Å². The predicted molar refractivity (Wildman–Crippen MR) is 80.7 cm³/mol. The van der Waals surface area contributed by atoms with Gasteiger partial charge < -0.3 is 16.3 Å². The second-order valence-electron chi connectivity index (χ2n) is 4.67. The molecule has 4 heteroatoms. The maximum absolute atomic E-state index is 8.80. The number of nitrogens with zero attached hydrogens (tertiary/aromatic N) is 1. The van der Waals surface area contributed by atoms with Crippen LogP contribution in [0.5, 0.6) is 0 Å². The van der Waals surface area contributed by atoms with E-state index in [4.69, 9.17) is 10.9 Å². The molecule has 0 spiro atoms. The first-order valence-electron chi connectivity index (χ1n) is 6.53. The second kappa shape index (κ2) is 6.73. The SMILES string of the molecule is Cc1ccccc1CNCc1ccccc1C(N)=NO. The molecule has 0 aliphatic rings. The van der Waals surface area contributed by atoms with Crippen LogP contribution in [0, 0.1) is 6.92 Å². The Morgan fingerprint density at radius 3 is 2.35 bits per heavy atom. The van der Waals surface area contributed by atoms with Crippen molar-refractivity contribution in [2.75, 3.05) is 0 Å². The molecule has 2 aromatic rings. The first kappa shape index (κ1) is 14.1. The molecule has 4 N–H and O–H groups in total. The molecule has 0 heterocycles. The van der Waals surface area contributed by atoms with Crippen molar-refractivity contribution in [1.82, 2.24) is 5.32 Å². The molecular formula is C16H19N3O. The third kappa shape index (κ3) is 3.36. The molecule has 104 valence electrons. The van der Waals surface area contributed by atoms with E-state index in [-0.39, 0.29) is 5.84 Å². The second-order valence-corrected chi connectivity index (χ2v) is 4.67. The summed E-state index contributed by atoms with van der Waals surface area (Å²) in [7, 11) is 0. The highest BCUT2D eigenvalue weighted by molar-refractivity contribution is 5.98. The zero-order chi connectivity index (χ0) is 14.4. The van der Waals surface area contributed by atoms with Crippen molar-refractivity contribution in [3.05, 3.63) is 70.8 Å². The van der Waals surface area contributed by atoms with Crippen molar-refractivity contribution in [1.29, 1.82) is 0 Å². The smallest absolute Gasteiger partial charge is 0.170 e. The Morgan fingerprint density at radius 1 is 1.05 bits per heavy atom. The molecule has 0 aliphatic heterocycles. The molecule has 20 heavy (non-hydrogen) atoms. The van der Waals surface area contributed by atoms with E-state index in [1.54, 1.807) is 0 Å². The number of rotatable bonds is 5. The number of nitrogens with one attached hydrogen (secondary N) is 1. The van der Waals surface area contributed by atoms with E-state index in [2.05, 4.69) is 29.5 Å². The summed E-state index contributed by atoms with van der Waals surface area (Å²) in [5.74, 6) is 0.137. The lowest BCUT2D eigenvalue weighted by Crippen LogP contribution is -2.20. The van der Waals surface area contributed by atoms with Gasteiger partial charge in [-0.1, -0.05) is 53.7 Å². The number of benzene rings is 2. The summed E-state index contributed by atoms with van der Waals surface area (Å²) in [5.41, 5.74) is 9.98.